The number of hydrogen-bond acceptors (Lipinski definition) is 4. The Morgan fingerprint density at radius 1 is 1.31 bits per heavy atom. The monoisotopic (exact) mass is 362 g/mol. The number of unbranched alkanes of at least 4 members (excludes halogenated alkanes) is 3. The largest absolute Gasteiger partial charge is 0.466 e. The van der Waals surface area contributed by atoms with E-state index in [2.05, 4.69) is 18.8 Å². The van der Waals surface area contributed by atoms with Crippen LogP contribution in [0.5, 0.6) is 0 Å². The van der Waals surface area contributed by atoms with Gasteiger partial charge < -0.3 is 9.84 Å². The van der Waals surface area contributed by atoms with Crippen molar-refractivity contribution >= 4 is 11.8 Å². The van der Waals surface area contributed by atoms with Crippen LogP contribution in [0, 0.1) is 23.7 Å². The molecule has 1 N–H and O–H groups in total. The molecule has 0 aromatic rings. The second-order valence-corrected chi connectivity index (χ2v) is 6.94. The zero-order chi connectivity index (χ0) is 19.2. The lowest BCUT2D eigenvalue weighted by Crippen LogP contribution is -2.13. The summed E-state index contributed by atoms with van der Waals surface area (Å²) in [6.45, 7) is 4.35. The zero-order valence-corrected chi connectivity index (χ0v) is 16.3. The highest BCUT2D eigenvalue weighted by Gasteiger charge is 2.32. The fourth-order valence-corrected chi connectivity index (χ4v) is 3.20. The molecule has 1 rings (SSSR count). The highest BCUT2D eigenvalue weighted by Crippen LogP contribution is 2.32. The molecule has 0 heterocycles. The second kappa shape index (κ2) is 13.6. The zero-order valence-electron chi connectivity index (χ0n) is 16.3. The molecule has 0 spiro atoms. The van der Waals surface area contributed by atoms with Gasteiger partial charge >= 0.3 is 5.97 Å². The number of aliphatic hydroxyl groups is 1. The summed E-state index contributed by atoms with van der Waals surface area (Å²) in [5.74, 6) is 6.58. The van der Waals surface area contributed by atoms with Crippen molar-refractivity contribution in [2.45, 2.75) is 84.2 Å². The predicted molar refractivity (Wildman–Crippen MR) is 103 cm³/mol. The van der Waals surface area contributed by atoms with Crippen LogP contribution in [0.3, 0.4) is 0 Å². The summed E-state index contributed by atoms with van der Waals surface area (Å²) in [6, 6.07) is 0. The van der Waals surface area contributed by atoms with Crippen molar-refractivity contribution in [2.75, 3.05) is 6.61 Å². The molecule has 146 valence electrons. The smallest absolute Gasteiger partial charge is 0.305 e. The predicted octanol–water partition coefficient (Wildman–Crippen LogP) is 4.21. The van der Waals surface area contributed by atoms with Crippen LogP contribution in [-0.2, 0) is 14.3 Å². The SMILES string of the molecule is CCCCC(O)/C=C/C1CCC(=O)C1CC#CCCCCC(=O)OCC. The van der Waals surface area contributed by atoms with Gasteiger partial charge in [-0.3, -0.25) is 9.59 Å². The minimum Gasteiger partial charge on any atom is -0.466 e. The summed E-state index contributed by atoms with van der Waals surface area (Å²) in [5.41, 5.74) is 0. The summed E-state index contributed by atoms with van der Waals surface area (Å²) in [7, 11) is 0. The Bertz CT molecular complexity index is 512. The van der Waals surface area contributed by atoms with E-state index >= 15 is 0 Å². The van der Waals surface area contributed by atoms with Crippen LogP contribution < -0.4 is 0 Å². The summed E-state index contributed by atoms with van der Waals surface area (Å²) < 4.78 is 4.89. The minimum atomic E-state index is -0.406. The summed E-state index contributed by atoms with van der Waals surface area (Å²) in [5, 5.41) is 9.93. The molecule has 1 aliphatic rings. The molecule has 1 saturated carbocycles. The lowest BCUT2D eigenvalue weighted by Gasteiger charge is -2.12. The topological polar surface area (TPSA) is 63.6 Å². The molecule has 1 aliphatic carbocycles. The van der Waals surface area contributed by atoms with Crippen LogP contribution in [-0.4, -0.2) is 29.6 Å². The van der Waals surface area contributed by atoms with Crippen molar-refractivity contribution in [3.8, 4) is 11.8 Å². The van der Waals surface area contributed by atoms with Crippen LogP contribution in [0.2, 0.25) is 0 Å². The van der Waals surface area contributed by atoms with Crippen LogP contribution in [0.15, 0.2) is 12.2 Å². The molecule has 4 nitrogen and oxygen atoms in total. The van der Waals surface area contributed by atoms with Gasteiger partial charge in [-0.25, -0.2) is 0 Å². The van der Waals surface area contributed by atoms with E-state index in [0.717, 1.165) is 44.9 Å². The molecular formula is C22H34O4. The lowest BCUT2D eigenvalue weighted by atomic mass is 9.91. The van der Waals surface area contributed by atoms with Crippen LogP contribution in [0.25, 0.3) is 0 Å². The summed E-state index contributed by atoms with van der Waals surface area (Å²) >= 11 is 0. The molecule has 1 fully saturated rings. The number of allylic oxidation sites excluding steroid dienone is 1. The molecule has 0 bridgehead atoms. The molecule has 3 atom stereocenters. The first-order valence-electron chi connectivity index (χ1n) is 10.1. The fraction of sp³-hybridized carbons (Fsp3) is 0.727. The van der Waals surface area contributed by atoms with Gasteiger partial charge in [0.2, 0.25) is 0 Å². The van der Waals surface area contributed by atoms with Gasteiger partial charge in [0.05, 0.1) is 12.7 Å². The molecule has 0 radical (unpaired) electrons. The van der Waals surface area contributed by atoms with Crippen molar-refractivity contribution in [2.24, 2.45) is 11.8 Å². The molecule has 4 heteroatoms. The molecule has 26 heavy (non-hydrogen) atoms. The van der Waals surface area contributed by atoms with Gasteiger partial charge in [-0.05, 0) is 38.5 Å². The van der Waals surface area contributed by atoms with Crippen LogP contribution >= 0.6 is 0 Å². The number of hydrogen-bond donors (Lipinski definition) is 1. The van der Waals surface area contributed by atoms with E-state index in [9.17, 15) is 14.7 Å². The summed E-state index contributed by atoms with van der Waals surface area (Å²) in [4.78, 5) is 23.3. The molecule has 0 saturated heterocycles. The molecule has 3 unspecified atom stereocenters. The van der Waals surface area contributed by atoms with E-state index in [1.165, 1.54) is 0 Å². The molecule has 0 aromatic carbocycles. The Hall–Kier alpha value is -1.60. The van der Waals surface area contributed by atoms with E-state index in [1.807, 2.05) is 19.1 Å². The van der Waals surface area contributed by atoms with Crippen molar-refractivity contribution in [1.29, 1.82) is 0 Å². The maximum absolute atomic E-state index is 12.1. The first-order valence-corrected chi connectivity index (χ1v) is 10.1. The van der Waals surface area contributed by atoms with Crippen molar-refractivity contribution in [1.82, 2.24) is 0 Å². The van der Waals surface area contributed by atoms with Crippen LogP contribution in [0.1, 0.15) is 78.1 Å². The number of aliphatic hydroxyl groups excluding tert-OH is 1. The minimum absolute atomic E-state index is 0.0309. The molecule has 0 aliphatic heterocycles. The van der Waals surface area contributed by atoms with Crippen molar-refractivity contribution in [3.63, 3.8) is 0 Å². The number of Topliss-reactive ketones (excluding diaryl/α,β-unsaturated/α-hetero) is 1. The Labute approximate surface area is 158 Å². The van der Waals surface area contributed by atoms with Gasteiger partial charge in [-0.2, -0.15) is 0 Å². The highest BCUT2D eigenvalue weighted by atomic mass is 16.5. The highest BCUT2D eigenvalue weighted by molar-refractivity contribution is 5.84. The number of rotatable bonds is 11. The van der Waals surface area contributed by atoms with Gasteiger partial charge in [0.25, 0.3) is 0 Å². The number of carbonyl (C=O) groups is 2. The standard InChI is InChI=1S/C22H34O4/c1-3-5-11-19(23)16-14-18-15-17-21(24)20(18)12-9-7-6-8-10-13-22(25)26-4-2/h14,16,18-20,23H,3-6,8,10-13,15,17H2,1-2H3/b16-14+. The fourth-order valence-electron chi connectivity index (χ4n) is 3.20. The lowest BCUT2D eigenvalue weighted by molar-refractivity contribution is -0.143. The average molecular weight is 363 g/mol. The average Bonchev–Trinajstić information content (AvgIpc) is 2.97. The third kappa shape index (κ3) is 9.20. The molecule has 0 amide bonds. The third-order valence-corrected chi connectivity index (χ3v) is 4.77. The number of carbonyl (C=O) groups excluding carboxylic acids is 2. The van der Waals surface area contributed by atoms with Gasteiger partial charge in [0, 0.05) is 31.6 Å². The Kier molecular flexibility index (Phi) is 11.7. The molecule has 0 aromatic heterocycles. The van der Waals surface area contributed by atoms with E-state index < -0.39 is 6.10 Å². The van der Waals surface area contributed by atoms with E-state index in [0.29, 0.717) is 31.7 Å². The molecular weight excluding hydrogens is 328 g/mol. The number of esters is 1. The van der Waals surface area contributed by atoms with Gasteiger partial charge in [-0.1, -0.05) is 31.9 Å². The Morgan fingerprint density at radius 2 is 2.12 bits per heavy atom. The third-order valence-electron chi connectivity index (χ3n) is 4.77. The van der Waals surface area contributed by atoms with E-state index in [1.54, 1.807) is 0 Å². The maximum atomic E-state index is 12.1. The van der Waals surface area contributed by atoms with Gasteiger partial charge in [0.1, 0.15) is 5.78 Å². The first-order chi connectivity index (χ1) is 12.6. The van der Waals surface area contributed by atoms with Crippen LogP contribution in [0.4, 0.5) is 0 Å². The maximum Gasteiger partial charge on any atom is 0.305 e. The Balaban J connectivity index is 2.32. The number of ketones is 1. The normalized spacial score (nSPS) is 20.8. The quantitative estimate of drug-likeness (QED) is 0.259. The van der Waals surface area contributed by atoms with E-state index in [4.69, 9.17) is 4.74 Å². The first kappa shape index (κ1) is 22.4. The van der Waals surface area contributed by atoms with Crippen molar-refractivity contribution < 1.29 is 19.4 Å². The summed E-state index contributed by atoms with van der Waals surface area (Å²) in [6.07, 6.45) is 11.3. The Morgan fingerprint density at radius 3 is 2.85 bits per heavy atom. The van der Waals surface area contributed by atoms with Crippen molar-refractivity contribution in [3.05, 3.63) is 12.2 Å². The number of ether oxygens (including phenoxy) is 1. The van der Waals surface area contributed by atoms with E-state index in [-0.39, 0.29) is 17.8 Å². The van der Waals surface area contributed by atoms with Gasteiger partial charge in [0.15, 0.2) is 0 Å². The second-order valence-electron chi connectivity index (χ2n) is 6.94. The van der Waals surface area contributed by atoms with Gasteiger partial charge in [-0.15, -0.1) is 11.8 Å².